The van der Waals surface area contributed by atoms with Crippen LogP contribution in [-0.4, -0.2) is 5.75 Å². The zero-order valence-corrected chi connectivity index (χ0v) is 9.21. The van der Waals surface area contributed by atoms with E-state index in [1.165, 1.54) is 29.9 Å². The zero-order chi connectivity index (χ0) is 9.26. The maximum Gasteiger partial charge on any atom is 0.0235 e. The van der Waals surface area contributed by atoms with E-state index in [-0.39, 0.29) is 0 Å². The Kier molecular flexibility index (Phi) is 2.63. The number of allylic oxidation sites excluding steroid dienone is 5. The highest BCUT2D eigenvalue weighted by molar-refractivity contribution is 8.03. The van der Waals surface area contributed by atoms with Crippen LogP contribution in [0.1, 0.15) is 33.1 Å². The molecule has 1 aliphatic heterocycles. The molecule has 0 nitrogen and oxygen atoms in total. The van der Waals surface area contributed by atoms with Crippen molar-refractivity contribution in [2.45, 2.75) is 33.1 Å². The van der Waals surface area contributed by atoms with Gasteiger partial charge in [0, 0.05) is 5.75 Å². The summed E-state index contributed by atoms with van der Waals surface area (Å²) in [5.74, 6) is 1.20. The van der Waals surface area contributed by atoms with Gasteiger partial charge >= 0.3 is 0 Å². The average molecular weight is 192 g/mol. The quantitative estimate of drug-likeness (QED) is 0.649. The number of rotatable bonds is 3. The lowest BCUT2D eigenvalue weighted by Crippen LogP contribution is -1.88. The minimum absolute atomic E-state index is 1.20. The minimum atomic E-state index is 1.20. The van der Waals surface area contributed by atoms with Gasteiger partial charge in [-0.3, -0.25) is 0 Å². The summed E-state index contributed by atoms with van der Waals surface area (Å²) in [5.41, 5.74) is 4.73. The summed E-state index contributed by atoms with van der Waals surface area (Å²) in [7, 11) is 0. The van der Waals surface area contributed by atoms with Crippen molar-refractivity contribution < 1.29 is 0 Å². The SMILES string of the molecule is CCCCC1=CC=C2CSC(C)=C12. The van der Waals surface area contributed by atoms with Crippen LogP contribution < -0.4 is 0 Å². The number of unbranched alkanes of at least 4 members (excludes halogenated alkanes) is 1. The number of hydrogen-bond donors (Lipinski definition) is 0. The van der Waals surface area contributed by atoms with Crippen molar-refractivity contribution in [3.05, 3.63) is 33.8 Å². The van der Waals surface area contributed by atoms with Gasteiger partial charge in [0.25, 0.3) is 0 Å². The molecule has 0 saturated heterocycles. The van der Waals surface area contributed by atoms with E-state index in [0.717, 1.165) is 0 Å². The van der Waals surface area contributed by atoms with E-state index < -0.39 is 0 Å². The molecule has 0 amide bonds. The molecule has 2 aliphatic rings. The Balaban J connectivity index is 2.13. The molecule has 13 heavy (non-hydrogen) atoms. The topological polar surface area (TPSA) is 0 Å². The van der Waals surface area contributed by atoms with Crippen LogP contribution in [0.4, 0.5) is 0 Å². The molecular weight excluding hydrogens is 176 g/mol. The average Bonchev–Trinajstić information content (AvgIpc) is 2.67. The molecular formula is C12H16S. The molecule has 0 radical (unpaired) electrons. The van der Waals surface area contributed by atoms with Crippen LogP contribution in [-0.2, 0) is 0 Å². The monoisotopic (exact) mass is 192 g/mol. The molecule has 70 valence electrons. The molecule has 0 saturated carbocycles. The van der Waals surface area contributed by atoms with Crippen LogP contribution in [0.15, 0.2) is 33.8 Å². The van der Waals surface area contributed by atoms with Crippen molar-refractivity contribution in [2.75, 3.05) is 5.75 Å². The van der Waals surface area contributed by atoms with E-state index in [0.29, 0.717) is 0 Å². The minimum Gasteiger partial charge on any atom is -0.125 e. The molecule has 0 aromatic carbocycles. The van der Waals surface area contributed by atoms with E-state index in [1.807, 2.05) is 11.8 Å². The van der Waals surface area contributed by atoms with E-state index in [2.05, 4.69) is 26.0 Å². The highest BCUT2D eigenvalue weighted by atomic mass is 32.2. The van der Waals surface area contributed by atoms with Gasteiger partial charge in [-0.05, 0) is 41.4 Å². The van der Waals surface area contributed by atoms with Gasteiger partial charge in [0.1, 0.15) is 0 Å². The third kappa shape index (κ3) is 1.62. The predicted molar refractivity (Wildman–Crippen MR) is 60.8 cm³/mol. The van der Waals surface area contributed by atoms with Crippen LogP contribution >= 0.6 is 11.8 Å². The van der Waals surface area contributed by atoms with Gasteiger partial charge in [-0.2, -0.15) is 0 Å². The van der Waals surface area contributed by atoms with Gasteiger partial charge in [-0.1, -0.05) is 25.5 Å². The van der Waals surface area contributed by atoms with Gasteiger partial charge in [0.15, 0.2) is 0 Å². The Bertz CT molecular complexity index is 305. The first-order chi connectivity index (χ1) is 6.33. The van der Waals surface area contributed by atoms with Crippen molar-refractivity contribution in [1.82, 2.24) is 0 Å². The van der Waals surface area contributed by atoms with Crippen molar-refractivity contribution in [3.63, 3.8) is 0 Å². The second-order valence-electron chi connectivity index (χ2n) is 3.71. The zero-order valence-electron chi connectivity index (χ0n) is 8.39. The van der Waals surface area contributed by atoms with Gasteiger partial charge in [0.05, 0.1) is 0 Å². The summed E-state index contributed by atoms with van der Waals surface area (Å²) in [6, 6.07) is 0. The molecule has 0 aromatic rings. The molecule has 0 unspecified atom stereocenters. The molecule has 1 aliphatic carbocycles. The molecule has 1 heterocycles. The lowest BCUT2D eigenvalue weighted by Gasteiger charge is -2.05. The summed E-state index contributed by atoms with van der Waals surface area (Å²) >= 11 is 2.00. The summed E-state index contributed by atoms with van der Waals surface area (Å²) in [5, 5.41) is 0. The van der Waals surface area contributed by atoms with Crippen LogP contribution in [0.5, 0.6) is 0 Å². The molecule has 1 heteroatoms. The molecule has 0 N–H and O–H groups in total. The fourth-order valence-corrected chi connectivity index (χ4v) is 3.00. The number of hydrogen-bond acceptors (Lipinski definition) is 1. The van der Waals surface area contributed by atoms with E-state index in [9.17, 15) is 0 Å². The number of fused-ring (bicyclic) bond motifs is 1. The first kappa shape index (κ1) is 9.14. The lowest BCUT2D eigenvalue weighted by atomic mass is 10.00. The van der Waals surface area contributed by atoms with E-state index >= 15 is 0 Å². The third-order valence-electron chi connectivity index (χ3n) is 2.72. The molecule has 0 spiro atoms. The largest absolute Gasteiger partial charge is 0.125 e. The van der Waals surface area contributed by atoms with Gasteiger partial charge in [-0.15, -0.1) is 11.8 Å². The Morgan fingerprint density at radius 1 is 1.38 bits per heavy atom. The maximum absolute atomic E-state index is 2.32. The number of thioether (sulfide) groups is 1. The van der Waals surface area contributed by atoms with Crippen molar-refractivity contribution >= 4 is 11.8 Å². The summed E-state index contributed by atoms with van der Waals surface area (Å²) < 4.78 is 0. The lowest BCUT2D eigenvalue weighted by molar-refractivity contribution is 0.794. The predicted octanol–water partition coefficient (Wildman–Crippen LogP) is 4.06. The van der Waals surface area contributed by atoms with Crippen LogP contribution in [0.25, 0.3) is 0 Å². The summed E-state index contributed by atoms with van der Waals surface area (Å²) in [6.45, 7) is 4.51. The van der Waals surface area contributed by atoms with E-state index in [1.54, 1.807) is 16.7 Å². The van der Waals surface area contributed by atoms with Crippen molar-refractivity contribution in [3.8, 4) is 0 Å². The Hall–Kier alpha value is -0.430. The van der Waals surface area contributed by atoms with Gasteiger partial charge < -0.3 is 0 Å². The smallest absolute Gasteiger partial charge is 0.0235 e. The fraction of sp³-hybridized carbons (Fsp3) is 0.500. The molecule has 0 bridgehead atoms. The van der Waals surface area contributed by atoms with Crippen LogP contribution in [0.2, 0.25) is 0 Å². The molecule has 0 aromatic heterocycles. The van der Waals surface area contributed by atoms with Gasteiger partial charge in [-0.25, -0.2) is 0 Å². The fourth-order valence-electron chi connectivity index (χ4n) is 1.98. The highest BCUT2D eigenvalue weighted by Gasteiger charge is 2.22. The second-order valence-corrected chi connectivity index (χ2v) is 4.90. The summed E-state index contributed by atoms with van der Waals surface area (Å²) in [6.07, 6.45) is 8.53. The van der Waals surface area contributed by atoms with Gasteiger partial charge in [0.2, 0.25) is 0 Å². The molecule has 0 atom stereocenters. The second kappa shape index (κ2) is 3.75. The normalized spacial score (nSPS) is 20.5. The maximum atomic E-state index is 2.32. The van der Waals surface area contributed by atoms with Crippen LogP contribution in [0, 0.1) is 0 Å². The Labute approximate surface area is 84.8 Å². The molecule has 0 fully saturated rings. The first-order valence-corrected chi connectivity index (χ1v) is 6.05. The Morgan fingerprint density at radius 2 is 2.23 bits per heavy atom. The van der Waals surface area contributed by atoms with Crippen molar-refractivity contribution in [1.29, 1.82) is 0 Å². The highest BCUT2D eigenvalue weighted by Crippen LogP contribution is 2.43. The first-order valence-electron chi connectivity index (χ1n) is 5.07. The van der Waals surface area contributed by atoms with E-state index in [4.69, 9.17) is 0 Å². The standard InChI is InChI=1S/C12H16S/c1-3-4-5-10-6-7-11-8-13-9(2)12(10)11/h6-7H,3-5,8H2,1-2H3. The summed E-state index contributed by atoms with van der Waals surface area (Å²) in [4.78, 5) is 1.53. The Morgan fingerprint density at radius 3 is 3.00 bits per heavy atom. The van der Waals surface area contributed by atoms with Crippen LogP contribution in [0.3, 0.4) is 0 Å². The third-order valence-corrected chi connectivity index (χ3v) is 3.82. The van der Waals surface area contributed by atoms with Crippen molar-refractivity contribution in [2.24, 2.45) is 0 Å². The molecule has 2 rings (SSSR count).